The van der Waals surface area contributed by atoms with Crippen LogP contribution in [0.3, 0.4) is 0 Å². The molecule has 0 unspecified atom stereocenters. The van der Waals surface area contributed by atoms with Crippen molar-refractivity contribution < 1.29 is 31.1 Å². The highest BCUT2D eigenvalue weighted by Crippen LogP contribution is 2.34. The molecule has 0 amide bonds. The number of hydrogen-bond donors (Lipinski definition) is 2. The fourth-order valence-electron chi connectivity index (χ4n) is 2.25. The number of para-hydroxylation sites is 2. The highest BCUT2D eigenvalue weighted by molar-refractivity contribution is 5.65. The van der Waals surface area contributed by atoms with Crippen LogP contribution in [0.25, 0.3) is 0 Å². The van der Waals surface area contributed by atoms with Gasteiger partial charge in [0.05, 0.1) is 5.69 Å². The van der Waals surface area contributed by atoms with E-state index in [1.165, 1.54) is 18.2 Å². The first-order chi connectivity index (χ1) is 13.4. The number of halogens is 6. The second-order valence-corrected chi connectivity index (χ2v) is 6.21. The van der Waals surface area contributed by atoms with Crippen molar-refractivity contribution in [3.63, 3.8) is 0 Å². The summed E-state index contributed by atoms with van der Waals surface area (Å²) < 4.78 is 81.0. The molecule has 1 aromatic heterocycles. The van der Waals surface area contributed by atoms with Gasteiger partial charge in [-0.2, -0.15) is 18.2 Å². The highest BCUT2D eigenvalue weighted by atomic mass is 19.4. The number of ether oxygens (including phenoxy) is 1. The molecule has 0 spiro atoms. The predicted molar refractivity (Wildman–Crippen MR) is 95.1 cm³/mol. The van der Waals surface area contributed by atoms with E-state index < -0.39 is 24.0 Å². The van der Waals surface area contributed by atoms with Gasteiger partial charge in [-0.25, -0.2) is 4.98 Å². The first kappa shape index (κ1) is 22.5. The Balaban J connectivity index is 2.27. The molecule has 0 fully saturated rings. The number of nitrogens with one attached hydrogen (secondary N) is 2. The Hall–Kier alpha value is -2.76. The van der Waals surface area contributed by atoms with Gasteiger partial charge in [0, 0.05) is 12.6 Å². The number of rotatable bonds is 8. The molecule has 0 saturated carbocycles. The molecular weight excluding hydrogens is 404 g/mol. The summed E-state index contributed by atoms with van der Waals surface area (Å²) in [4.78, 5) is 9.25. The Bertz CT molecular complexity index is 810. The van der Waals surface area contributed by atoms with Crippen LogP contribution in [0.5, 0.6) is 5.75 Å². The Kier molecular flexibility index (Phi) is 7.11. The van der Waals surface area contributed by atoms with Gasteiger partial charge in [-0.15, -0.1) is 13.2 Å². The second-order valence-electron chi connectivity index (χ2n) is 6.21. The average molecular weight is 423 g/mol. The zero-order chi connectivity index (χ0) is 21.7. The minimum absolute atomic E-state index is 0.199. The lowest BCUT2D eigenvalue weighted by molar-refractivity contribution is -0.274. The van der Waals surface area contributed by atoms with Crippen LogP contribution < -0.4 is 15.4 Å². The molecule has 160 valence electrons. The van der Waals surface area contributed by atoms with E-state index in [2.05, 4.69) is 25.3 Å². The maximum Gasteiger partial charge on any atom is 0.573 e. The summed E-state index contributed by atoms with van der Waals surface area (Å²) in [6.07, 6.45) is -9.10. The standard InChI is InChI=1S/C17H19F6N5O/c1-28(2)9-5-8-24-15-26-13(16(18,19)20)10-14(27-15)25-11-6-3-4-7-12(11)29-17(21,22)23/h3-4,6-7,10H,5,8-9H2,1-2H3,(H2,24,25,26,27). The minimum Gasteiger partial charge on any atom is -0.404 e. The normalized spacial score (nSPS) is 12.2. The Morgan fingerprint density at radius 2 is 1.72 bits per heavy atom. The van der Waals surface area contributed by atoms with Crippen molar-refractivity contribution in [3.8, 4) is 5.75 Å². The molecule has 6 nitrogen and oxygen atoms in total. The number of nitrogens with zero attached hydrogens (tertiary/aromatic N) is 3. The lowest BCUT2D eigenvalue weighted by Crippen LogP contribution is -2.19. The van der Waals surface area contributed by atoms with Crippen molar-refractivity contribution in [1.82, 2.24) is 14.9 Å². The smallest absolute Gasteiger partial charge is 0.404 e. The topological polar surface area (TPSA) is 62.3 Å². The number of alkyl halides is 6. The van der Waals surface area contributed by atoms with Crippen LogP contribution in [0, 0.1) is 0 Å². The quantitative estimate of drug-likeness (QED) is 0.482. The minimum atomic E-state index is -4.96. The van der Waals surface area contributed by atoms with Crippen LogP contribution in [0.2, 0.25) is 0 Å². The fourth-order valence-corrected chi connectivity index (χ4v) is 2.25. The highest BCUT2D eigenvalue weighted by Gasteiger charge is 2.34. The molecule has 29 heavy (non-hydrogen) atoms. The van der Waals surface area contributed by atoms with Gasteiger partial charge in [-0.1, -0.05) is 12.1 Å². The molecule has 12 heteroatoms. The molecule has 0 aliphatic carbocycles. The molecule has 0 aliphatic rings. The fraction of sp³-hybridized carbons (Fsp3) is 0.412. The van der Waals surface area contributed by atoms with Crippen molar-refractivity contribution >= 4 is 17.5 Å². The third kappa shape index (κ3) is 7.64. The largest absolute Gasteiger partial charge is 0.573 e. The van der Waals surface area contributed by atoms with Crippen molar-refractivity contribution in [2.24, 2.45) is 0 Å². The monoisotopic (exact) mass is 423 g/mol. The van der Waals surface area contributed by atoms with Gasteiger partial charge in [0.2, 0.25) is 5.95 Å². The van der Waals surface area contributed by atoms with Crippen LogP contribution in [0.15, 0.2) is 30.3 Å². The molecule has 2 aromatic rings. The molecule has 0 radical (unpaired) electrons. The van der Waals surface area contributed by atoms with Crippen LogP contribution in [-0.2, 0) is 6.18 Å². The first-order valence-electron chi connectivity index (χ1n) is 8.41. The molecule has 1 heterocycles. The molecule has 0 aliphatic heterocycles. The van der Waals surface area contributed by atoms with E-state index >= 15 is 0 Å². The van der Waals surface area contributed by atoms with Gasteiger partial charge in [0.25, 0.3) is 0 Å². The maximum atomic E-state index is 13.2. The Labute approximate surface area is 162 Å². The summed E-state index contributed by atoms with van der Waals surface area (Å²) in [7, 11) is 3.70. The van der Waals surface area contributed by atoms with E-state index in [4.69, 9.17) is 0 Å². The van der Waals surface area contributed by atoms with E-state index in [1.807, 2.05) is 19.0 Å². The maximum absolute atomic E-state index is 13.2. The van der Waals surface area contributed by atoms with Crippen molar-refractivity contribution in [2.45, 2.75) is 19.0 Å². The van der Waals surface area contributed by atoms with Gasteiger partial charge in [0.1, 0.15) is 5.82 Å². The number of benzene rings is 1. The first-order valence-corrected chi connectivity index (χ1v) is 8.41. The zero-order valence-corrected chi connectivity index (χ0v) is 15.5. The molecule has 0 atom stereocenters. The van der Waals surface area contributed by atoms with Gasteiger partial charge >= 0.3 is 12.5 Å². The van der Waals surface area contributed by atoms with Crippen LogP contribution >= 0.6 is 0 Å². The second kappa shape index (κ2) is 9.16. The van der Waals surface area contributed by atoms with Crippen molar-refractivity contribution in [2.75, 3.05) is 37.8 Å². The third-order valence-electron chi connectivity index (χ3n) is 3.46. The molecule has 0 saturated heterocycles. The number of aromatic nitrogens is 2. The van der Waals surface area contributed by atoms with Crippen molar-refractivity contribution in [1.29, 1.82) is 0 Å². The summed E-state index contributed by atoms with van der Waals surface area (Å²) >= 11 is 0. The summed E-state index contributed by atoms with van der Waals surface area (Å²) in [5.74, 6) is -1.23. The van der Waals surface area contributed by atoms with E-state index in [0.29, 0.717) is 25.6 Å². The molecule has 0 bridgehead atoms. The van der Waals surface area contributed by atoms with Crippen molar-refractivity contribution in [3.05, 3.63) is 36.0 Å². The van der Waals surface area contributed by atoms with Crippen LogP contribution in [-0.4, -0.2) is 48.4 Å². The average Bonchev–Trinajstić information content (AvgIpc) is 2.58. The van der Waals surface area contributed by atoms with E-state index in [1.54, 1.807) is 0 Å². The SMILES string of the molecule is CN(C)CCCNc1nc(Nc2ccccc2OC(F)(F)F)cc(C(F)(F)F)n1. The van der Waals surface area contributed by atoms with Crippen LogP contribution in [0.1, 0.15) is 12.1 Å². The molecule has 2 rings (SSSR count). The van der Waals surface area contributed by atoms with Gasteiger partial charge < -0.3 is 20.3 Å². The molecule has 1 aromatic carbocycles. The zero-order valence-electron chi connectivity index (χ0n) is 15.5. The van der Waals surface area contributed by atoms with Gasteiger partial charge in [0.15, 0.2) is 11.4 Å². The summed E-state index contributed by atoms with van der Waals surface area (Å²) in [5.41, 5.74) is -1.44. The van der Waals surface area contributed by atoms with Gasteiger partial charge in [-0.05, 0) is 39.2 Å². The molecule has 2 N–H and O–H groups in total. The third-order valence-corrected chi connectivity index (χ3v) is 3.46. The van der Waals surface area contributed by atoms with E-state index in [0.717, 1.165) is 6.07 Å². The van der Waals surface area contributed by atoms with Gasteiger partial charge in [-0.3, -0.25) is 0 Å². The number of hydrogen-bond acceptors (Lipinski definition) is 6. The lowest BCUT2D eigenvalue weighted by atomic mass is 10.3. The Morgan fingerprint density at radius 1 is 1.03 bits per heavy atom. The number of anilines is 3. The lowest BCUT2D eigenvalue weighted by Gasteiger charge is -2.16. The summed E-state index contributed by atoms with van der Waals surface area (Å²) in [6, 6.07) is 5.56. The van der Waals surface area contributed by atoms with E-state index in [9.17, 15) is 26.3 Å². The molecular formula is C17H19F6N5O. The van der Waals surface area contributed by atoms with Crippen LogP contribution in [0.4, 0.5) is 43.8 Å². The summed E-state index contributed by atoms with van der Waals surface area (Å²) in [5, 5.41) is 5.12. The van der Waals surface area contributed by atoms with E-state index in [-0.39, 0.29) is 17.5 Å². The Morgan fingerprint density at radius 3 is 2.34 bits per heavy atom. The summed E-state index contributed by atoms with van der Waals surface area (Å²) in [6.45, 7) is 1.01. The predicted octanol–water partition coefficient (Wildman–Crippen LogP) is 4.50.